The summed E-state index contributed by atoms with van der Waals surface area (Å²) in [6.07, 6.45) is 4.24. The number of carbonyl (C=O) groups is 2. The SMILES string of the molecule is C=Cc1sc(C(=O)OC)cc1-c1cnn(C(=O)OCC(C)C)c1. The van der Waals surface area contributed by atoms with Crippen molar-refractivity contribution >= 4 is 29.5 Å². The third-order valence-corrected chi connectivity index (χ3v) is 4.06. The van der Waals surface area contributed by atoms with Crippen molar-refractivity contribution in [3.05, 3.63) is 34.8 Å². The molecule has 2 aromatic heterocycles. The summed E-state index contributed by atoms with van der Waals surface area (Å²) in [6.45, 7) is 7.99. The van der Waals surface area contributed by atoms with E-state index in [0.717, 1.165) is 15.1 Å². The highest BCUT2D eigenvalue weighted by Crippen LogP contribution is 2.32. The van der Waals surface area contributed by atoms with Crippen molar-refractivity contribution < 1.29 is 19.1 Å². The van der Waals surface area contributed by atoms with Crippen LogP contribution in [0.15, 0.2) is 25.0 Å². The van der Waals surface area contributed by atoms with Crippen LogP contribution in [0.3, 0.4) is 0 Å². The van der Waals surface area contributed by atoms with E-state index in [-0.39, 0.29) is 5.92 Å². The van der Waals surface area contributed by atoms with E-state index in [9.17, 15) is 9.59 Å². The number of esters is 1. The molecule has 0 spiro atoms. The molecule has 0 saturated carbocycles. The first-order chi connectivity index (χ1) is 11.0. The van der Waals surface area contributed by atoms with Gasteiger partial charge in [-0.3, -0.25) is 0 Å². The van der Waals surface area contributed by atoms with Gasteiger partial charge in [-0.1, -0.05) is 26.5 Å². The first-order valence-corrected chi connectivity index (χ1v) is 7.84. The fourth-order valence-electron chi connectivity index (χ4n) is 1.85. The lowest BCUT2D eigenvalue weighted by Gasteiger charge is -2.05. The van der Waals surface area contributed by atoms with Crippen LogP contribution in [0.1, 0.15) is 28.4 Å². The average Bonchev–Trinajstić information content (AvgIpc) is 3.17. The number of nitrogens with zero attached hydrogens (tertiary/aromatic N) is 2. The molecule has 0 fully saturated rings. The van der Waals surface area contributed by atoms with Crippen molar-refractivity contribution in [1.82, 2.24) is 9.78 Å². The second-order valence-corrected chi connectivity index (χ2v) is 6.31. The van der Waals surface area contributed by atoms with Crippen LogP contribution in [0.25, 0.3) is 17.2 Å². The number of carbonyl (C=O) groups excluding carboxylic acids is 2. The van der Waals surface area contributed by atoms with E-state index >= 15 is 0 Å². The quantitative estimate of drug-likeness (QED) is 0.780. The highest BCUT2D eigenvalue weighted by Gasteiger charge is 2.17. The maximum absolute atomic E-state index is 11.9. The van der Waals surface area contributed by atoms with Crippen LogP contribution in [0, 0.1) is 5.92 Å². The minimum Gasteiger partial charge on any atom is -0.465 e. The second kappa shape index (κ2) is 7.23. The second-order valence-electron chi connectivity index (χ2n) is 5.23. The van der Waals surface area contributed by atoms with Gasteiger partial charge < -0.3 is 9.47 Å². The summed E-state index contributed by atoms with van der Waals surface area (Å²) in [7, 11) is 1.33. The van der Waals surface area contributed by atoms with E-state index < -0.39 is 12.1 Å². The van der Waals surface area contributed by atoms with Crippen LogP contribution in [0.4, 0.5) is 4.79 Å². The Morgan fingerprint density at radius 2 is 2.22 bits per heavy atom. The number of rotatable bonds is 5. The highest BCUT2D eigenvalue weighted by atomic mass is 32.1. The number of hydrogen-bond donors (Lipinski definition) is 0. The fourth-order valence-corrected chi connectivity index (χ4v) is 2.80. The Kier molecular flexibility index (Phi) is 5.33. The molecule has 2 heterocycles. The molecule has 0 radical (unpaired) electrons. The van der Waals surface area contributed by atoms with Crippen LogP contribution < -0.4 is 0 Å². The normalized spacial score (nSPS) is 10.6. The van der Waals surface area contributed by atoms with Gasteiger partial charge in [0, 0.05) is 22.2 Å². The molecular formula is C16H18N2O4S. The molecule has 0 saturated heterocycles. The predicted octanol–water partition coefficient (Wildman–Crippen LogP) is 3.68. The molecule has 0 aliphatic rings. The minimum absolute atomic E-state index is 0.251. The van der Waals surface area contributed by atoms with E-state index in [4.69, 9.17) is 9.47 Å². The Hall–Kier alpha value is -2.41. The first kappa shape index (κ1) is 17.0. The lowest BCUT2D eigenvalue weighted by atomic mass is 10.1. The van der Waals surface area contributed by atoms with Gasteiger partial charge in [-0.15, -0.1) is 11.3 Å². The maximum Gasteiger partial charge on any atom is 0.434 e. The largest absolute Gasteiger partial charge is 0.465 e. The number of hydrogen-bond acceptors (Lipinski definition) is 6. The summed E-state index contributed by atoms with van der Waals surface area (Å²) >= 11 is 1.27. The molecule has 2 rings (SSSR count). The van der Waals surface area contributed by atoms with E-state index in [2.05, 4.69) is 11.7 Å². The zero-order valence-electron chi connectivity index (χ0n) is 13.2. The Morgan fingerprint density at radius 3 is 2.83 bits per heavy atom. The topological polar surface area (TPSA) is 70.4 Å². The molecule has 23 heavy (non-hydrogen) atoms. The number of aromatic nitrogens is 2. The van der Waals surface area contributed by atoms with Crippen molar-refractivity contribution in [2.75, 3.05) is 13.7 Å². The summed E-state index contributed by atoms with van der Waals surface area (Å²) in [5.41, 5.74) is 1.47. The monoisotopic (exact) mass is 334 g/mol. The molecule has 6 nitrogen and oxygen atoms in total. The van der Waals surface area contributed by atoms with Gasteiger partial charge in [-0.2, -0.15) is 9.78 Å². The highest BCUT2D eigenvalue weighted by molar-refractivity contribution is 7.15. The third-order valence-electron chi connectivity index (χ3n) is 2.95. The molecular weight excluding hydrogens is 316 g/mol. The molecule has 0 aliphatic heterocycles. The Morgan fingerprint density at radius 1 is 1.48 bits per heavy atom. The van der Waals surface area contributed by atoms with Gasteiger partial charge in [0.15, 0.2) is 0 Å². The van der Waals surface area contributed by atoms with E-state index in [1.165, 1.54) is 18.4 Å². The van der Waals surface area contributed by atoms with Crippen LogP contribution in [0.5, 0.6) is 0 Å². The number of methoxy groups -OCH3 is 1. The molecule has 0 N–H and O–H groups in total. The minimum atomic E-state index is -0.534. The smallest absolute Gasteiger partial charge is 0.434 e. The number of ether oxygens (including phenoxy) is 2. The summed E-state index contributed by atoms with van der Waals surface area (Å²) in [5.74, 6) is -0.158. The van der Waals surface area contributed by atoms with E-state index in [0.29, 0.717) is 17.0 Å². The standard InChI is InChI=1S/C16H18N2O4S/c1-5-13-12(6-14(23-13)15(19)21-4)11-7-17-18(8-11)16(20)22-9-10(2)3/h5-8,10H,1,9H2,2-4H3. The van der Waals surface area contributed by atoms with Gasteiger partial charge in [-0.05, 0) is 12.0 Å². The van der Waals surface area contributed by atoms with Gasteiger partial charge in [0.05, 0.1) is 19.9 Å². The van der Waals surface area contributed by atoms with Crippen molar-refractivity contribution in [3.8, 4) is 11.1 Å². The van der Waals surface area contributed by atoms with Crippen LogP contribution in [0.2, 0.25) is 0 Å². The molecule has 2 aromatic rings. The van der Waals surface area contributed by atoms with Crippen molar-refractivity contribution in [3.63, 3.8) is 0 Å². The van der Waals surface area contributed by atoms with Crippen LogP contribution in [-0.4, -0.2) is 35.6 Å². The first-order valence-electron chi connectivity index (χ1n) is 7.03. The molecule has 0 unspecified atom stereocenters. The summed E-state index contributed by atoms with van der Waals surface area (Å²) in [4.78, 5) is 24.8. The van der Waals surface area contributed by atoms with E-state index in [1.54, 1.807) is 24.5 Å². The number of thiophene rings is 1. The van der Waals surface area contributed by atoms with Gasteiger partial charge in [-0.25, -0.2) is 9.59 Å². The Bertz CT molecular complexity index is 730. The van der Waals surface area contributed by atoms with E-state index in [1.807, 2.05) is 13.8 Å². The molecule has 0 amide bonds. The van der Waals surface area contributed by atoms with Crippen molar-refractivity contribution in [1.29, 1.82) is 0 Å². The van der Waals surface area contributed by atoms with Gasteiger partial charge in [0.2, 0.25) is 0 Å². The summed E-state index contributed by atoms with van der Waals surface area (Å²) in [5, 5.41) is 4.02. The molecule has 0 aromatic carbocycles. The van der Waals surface area contributed by atoms with Crippen LogP contribution in [-0.2, 0) is 9.47 Å². The summed E-state index contributed by atoms with van der Waals surface area (Å²) < 4.78 is 11.0. The van der Waals surface area contributed by atoms with Gasteiger partial charge >= 0.3 is 12.1 Å². The Labute approximate surface area is 138 Å². The van der Waals surface area contributed by atoms with Gasteiger partial charge in [0.25, 0.3) is 0 Å². The van der Waals surface area contributed by atoms with Crippen LogP contribution >= 0.6 is 11.3 Å². The van der Waals surface area contributed by atoms with Gasteiger partial charge in [0.1, 0.15) is 4.88 Å². The fraction of sp³-hybridized carbons (Fsp3) is 0.312. The van der Waals surface area contributed by atoms with Crippen molar-refractivity contribution in [2.45, 2.75) is 13.8 Å². The lowest BCUT2D eigenvalue weighted by Crippen LogP contribution is -2.16. The third kappa shape index (κ3) is 3.87. The zero-order chi connectivity index (χ0) is 17.0. The zero-order valence-corrected chi connectivity index (χ0v) is 14.1. The lowest BCUT2D eigenvalue weighted by molar-refractivity contribution is 0.0606. The molecule has 0 aliphatic carbocycles. The average molecular weight is 334 g/mol. The molecule has 122 valence electrons. The molecule has 0 bridgehead atoms. The Balaban J connectivity index is 2.26. The van der Waals surface area contributed by atoms with Crippen molar-refractivity contribution in [2.24, 2.45) is 5.92 Å². The molecule has 0 atom stereocenters. The predicted molar refractivity (Wildman–Crippen MR) is 88.6 cm³/mol. The summed E-state index contributed by atoms with van der Waals surface area (Å²) in [6, 6.07) is 1.70. The maximum atomic E-state index is 11.9. The molecule has 7 heteroatoms.